The lowest BCUT2D eigenvalue weighted by Crippen LogP contribution is -2.29. The summed E-state index contributed by atoms with van der Waals surface area (Å²) in [6.45, 7) is 8.12. The minimum Gasteiger partial charge on any atom is -0.507 e. The molecular formula is C26H25NO4. The number of aryl methyl sites for hydroxylation is 4. The van der Waals surface area contributed by atoms with Crippen molar-refractivity contribution in [1.29, 1.82) is 0 Å². The van der Waals surface area contributed by atoms with E-state index in [9.17, 15) is 14.7 Å². The first-order chi connectivity index (χ1) is 14.8. The highest BCUT2D eigenvalue weighted by molar-refractivity contribution is 6.46. The van der Waals surface area contributed by atoms with E-state index in [4.69, 9.17) is 4.42 Å². The van der Waals surface area contributed by atoms with E-state index in [1.54, 1.807) is 18.2 Å². The second kappa shape index (κ2) is 7.91. The van der Waals surface area contributed by atoms with E-state index >= 15 is 0 Å². The van der Waals surface area contributed by atoms with Crippen LogP contribution in [0.5, 0.6) is 0 Å². The number of Topliss-reactive ketones (excluding diaryl/α,β-unsaturated/α-hetero) is 1. The molecule has 1 saturated heterocycles. The van der Waals surface area contributed by atoms with Crippen molar-refractivity contribution >= 4 is 17.4 Å². The summed E-state index contributed by atoms with van der Waals surface area (Å²) in [5.41, 5.74) is 5.67. The van der Waals surface area contributed by atoms with Crippen LogP contribution in [0.25, 0.3) is 5.76 Å². The third-order valence-corrected chi connectivity index (χ3v) is 5.98. The van der Waals surface area contributed by atoms with E-state index in [1.165, 1.54) is 11.2 Å². The lowest BCUT2D eigenvalue weighted by Gasteiger charge is -2.24. The van der Waals surface area contributed by atoms with Gasteiger partial charge < -0.3 is 14.4 Å². The molecule has 0 saturated carbocycles. The third kappa shape index (κ3) is 3.67. The van der Waals surface area contributed by atoms with E-state index in [-0.39, 0.29) is 17.9 Å². The van der Waals surface area contributed by atoms with Gasteiger partial charge in [-0.25, -0.2) is 0 Å². The molecule has 0 radical (unpaired) electrons. The number of rotatable bonds is 4. The van der Waals surface area contributed by atoms with Crippen LogP contribution in [0.4, 0.5) is 0 Å². The molecule has 0 aliphatic carbocycles. The van der Waals surface area contributed by atoms with Crippen molar-refractivity contribution in [1.82, 2.24) is 4.90 Å². The van der Waals surface area contributed by atoms with Crippen LogP contribution in [-0.4, -0.2) is 21.7 Å². The number of carbonyl (C=O) groups excluding carboxylic acids is 2. The lowest BCUT2D eigenvalue weighted by molar-refractivity contribution is -0.140. The van der Waals surface area contributed by atoms with Gasteiger partial charge in [-0.05, 0) is 68.1 Å². The Labute approximate surface area is 181 Å². The molecular weight excluding hydrogens is 390 g/mol. The first kappa shape index (κ1) is 20.7. The largest absolute Gasteiger partial charge is 0.507 e. The lowest BCUT2D eigenvalue weighted by atomic mass is 9.97. The molecule has 158 valence electrons. The summed E-state index contributed by atoms with van der Waals surface area (Å²) in [6.07, 6.45) is 1.50. The zero-order valence-corrected chi connectivity index (χ0v) is 18.1. The minimum absolute atomic E-state index is 0.0495. The van der Waals surface area contributed by atoms with Gasteiger partial charge >= 0.3 is 0 Å². The molecule has 1 amide bonds. The Morgan fingerprint density at radius 1 is 0.968 bits per heavy atom. The number of amides is 1. The van der Waals surface area contributed by atoms with Crippen molar-refractivity contribution < 1.29 is 19.1 Å². The normalized spacial score (nSPS) is 18.1. The standard InChI is InChI=1S/C26H25NO4/c1-15-7-8-17(3)20(12-15)14-27-23(21-6-5-11-31-21)22(25(29)26(27)30)24(28)19-10-9-16(2)18(4)13-19/h5-13,23,28H,14H2,1-4H3/b24-22-. The number of aliphatic hydroxyl groups excluding tert-OH is 1. The first-order valence-electron chi connectivity index (χ1n) is 10.2. The maximum Gasteiger partial charge on any atom is 0.296 e. The molecule has 1 unspecified atom stereocenters. The number of benzene rings is 2. The molecule has 0 spiro atoms. The minimum atomic E-state index is -0.795. The molecule has 5 nitrogen and oxygen atoms in total. The highest BCUT2D eigenvalue weighted by Crippen LogP contribution is 2.40. The van der Waals surface area contributed by atoms with Crippen molar-refractivity contribution in [2.75, 3.05) is 0 Å². The van der Waals surface area contributed by atoms with Crippen LogP contribution in [0.15, 0.2) is 64.8 Å². The molecule has 3 aromatic rings. The maximum absolute atomic E-state index is 13.1. The van der Waals surface area contributed by atoms with Crippen molar-refractivity contribution in [2.24, 2.45) is 0 Å². The van der Waals surface area contributed by atoms with E-state index < -0.39 is 17.7 Å². The Balaban J connectivity index is 1.85. The second-order valence-electron chi connectivity index (χ2n) is 8.17. The van der Waals surface area contributed by atoms with Crippen LogP contribution in [-0.2, 0) is 16.1 Å². The second-order valence-corrected chi connectivity index (χ2v) is 8.17. The van der Waals surface area contributed by atoms with Crippen molar-refractivity contribution in [3.05, 3.63) is 99.5 Å². The van der Waals surface area contributed by atoms with Gasteiger partial charge in [-0.1, -0.05) is 35.9 Å². The Kier molecular flexibility index (Phi) is 5.27. The molecule has 1 atom stereocenters. The van der Waals surface area contributed by atoms with Crippen LogP contribution in [0.3, 0.4) is 0 Å². The number of ketones is 1. The topological polar surface area (TPSA) is 70.8 Å². The summed E-state index contributed by atoms with van der Waals surface area (Å²) in [4.78, 5) is 27.6. The van der Waals surface area contributed by atoms with Crippen molar-refractivity contribution in [2.45, 2.75) is 40.3 Å². The van der Waals surface area contributed by atoms with E-state index in [0.29, 0.717) is 11.3 Å². The average Bonchev–Trinajstić information content (AvgIpc) is 3.35. The van der Waals surface area contributed by atoms with Gasteiger partial charge in [0.15, 0.2) is 0 Å². The van der Waals surface area contributed by atoms with E-state index in [0.717, 1.165) is 27.8 Å². The molecule has 2 heterocycles. The summed E-state index contributed by atoms with van der Waals surface area (Å²) in [7, 11) is 0. The molecule has 2 aromatic carbocycles. The molecule has 1 aromatic heterocycles. The number of hydrogen-bond acceptors (Lipinski definition) is 4. The fraction of sp³-hybridized carbons (Fsp3) is 0.231. The number of hydrogen-bond donors (Lipinski definition) is 1. The molecule has 1 aliphatic heterocycles. The van der Waals surface area contributed by atoms with Crippen LogP contribution in [0.1, 0.15) is 45.2 Å². The zero-order chi connectivity index (χ0) is 22.3. The number of likely N-dealkylation sites (tertiary alicyclic amines) is 1. The predicted octanol–water partition coefficient (Wildman–Crippen LogP) is 5.14. The van der Waals surface area contributed by atoms with Gasteiger partial charge in [-0.15, -0.1) is 0 Å². The summed E-state index contributed by atoms with van der Waals surface area (Å²) in [5, 5.41) is 11.1. The fourth-order valence-corrected chi connectivity index (χ4v) is 3.98. The van der Waals surface area contributed by atoms with Gasteiger partial charge in [-0.2, -0.15) is 0 Å². The molecule has 1 fully saturated rings. The Hall–Kier alpha value is -3.60. The van der Waals surface area contributed by atoms with Crippen LogP contribution in [0.2, 0.25) is 0 Å². The summed E-state index contributed by atoms with van der Waals surface area (Å²) in [6, 6.07) is 14.1. The van der Waals surface area contributed by atoms with E-state index in [2.05, 4.69) is 0 Å². The molecule has 1 aliphatic rings. The monoisotopic (exact) mass is 415 g/mol. The van der Waals surface area contributed by atoms with Gasteiger partial charge in [0.1, 0.15) is 17.6 Å². The van der Waals surface area contributed by atoms with Crippen molar-refractivity contribution in [3.63, 3.8) is 0 Å². The number of aliphatic hydroxyl groups is 1. The molecule has 0 bridgehead atoms. The third-order valence-electron chi connectivity index (χ3n) is 5.98. The molecule has 4 rings (SSSR count). The molecule has 31 heavy (non-hydrogen) atoms. The SMILES string of the molecule is Cc1ccc(C)c(CN2C(=O)C(=O)/C(=C(\O)c3ccc(C)c(C)c3)C2c2ccco2)c1. The Bertz CT molecular complexity index is 1200. The van der Waals surface area contributed by atoms with Crippen LogP contribution in [0, 0.1) is 27.7 Å². The van der Waals surface area contributed by atoms with Gasteiger partial charge in [0, 0.05) is 12.1 Å². The van der Waals surface area contributed by atoms with Crippen LogP contribution >= 0.6 is 0 Å². The zero-order valence-electron chi connectivity index (χ0n) is 18.1. The van der Waals surface area contributed by atoms with Gasteiger partial charge in [-0.3, -0.25) is 9.59 Å². The summed E-state index contributed by atoms with van der Waals surface area (Å²) < 4.78 is 5.60. The highest BCUT2D eigenvalue weighted by Gasteiger charge is 2.47. The van der Waals surface area contributed by atoms with Gasteiger partial charge in [0.2, 0.25) is 0 Å². The van der Waals surface area contributed by atoms with Gasteiger partial charge in [0.05, 0.1) is 11.8 Å². The predicted molar refractivity (Wildman–Crippen MR) is 118 cm³/mol. The number of nitrogens with zero attached hydrogens (tertiary/aromatic N) is 1. The highest BCUT2D eigenvalue weighted by atomic mass is 16.3. The van der Waals surface area contributed by atoms with Gasteiger partial charge in [0.25, 0.3) is 11.7 Å². The Morgan fingerprint density at radius 2 is 1.71 bits per heavy atom. The summed E-state index contributed by atoms with van der Waals surface area (Å²) >= 11 is 0. The Morgan fingerprint density at radius 3 is 2.39 bits per heavy atom. The fourth-order valence-electron chi connectivity index (χ4n) is 3.98. The van der Waals surface area contributed by atoms with Crippen LogP contribution < -0.4 is 0 Å². The smallest absolute Gasteiger partial charge is 0.296 e. The summed E-state index contributed by atoms with van der Waals surface area (Å²) in [5.74, 6) is -1.10. The quantitative estimate of drug-likeness (QED) is 0.364. The molecule has 5 heteroatoms. The average molecular weight is 415 g/mol. The van der Waals surface area contributed by atoms with E-state index in [1.807, 2.05) is 58.0 Å². The number of furan rings is 1. The first-order valence-corrected chi connectivity index (χ1v) is 10.2. The number of carbonyl (C=O) groups is 2. The molecule has 1 N–H and O–H groups in total. The maximum atomic E-state index is 13.1. The van der Waals surface area contributed by atoms with Crippen molar-refractivity contribution in [3.8, 4) is 0 Å².